The smallest absolute Gasteiger partial charge is 0.254 e. The molecule has 2 N–H and O–H groups in total. The van der Waals surface area contributed by atoms with Gasteiger partial charge in [0.05, 0.1) is 24.0 Å². The van der Waals surface area contributed by atoms with Gasteiger partial charge in [-0.1, -0.05) is 13.3 Å². The Morgan fingerprint density at radius 1 is 1.63 bits per heavy atom. The van der Waals surface area contributed by atoms with E-state index in [0.29, 0.717) is 18.7 Å². The summed E-state index contributed by atoms with van der Waals surface area (Å²) in [6, 6.07) is 0. The van der Waals surface area contributed by atoms with Gasteiger partial charge in [-0.2, -0.15) is 0 Å². The molecule has 1 aliphatic heterocycles. The summed E-state index contributed by atoms with van der Waals surface area (Å²) < 4.78 is 5.53. The lowest BCUT2D eigenvalue weighted by Gasteiger charge is -2.23. The van der Waals surface area contributed by atoms with Crippen LogP contribution in [-0.2, 0) is 11.2 Å². The Hall–Kier alpha value is -1.53. The van der Waals surface area contributed by atoms with Gasteiger partial charge in [-0.25, -0.2) is 9.97 Å². The second-order valence-corrected chi connectivity index (χ2v) is 4.54. The highest BCUT2D eigenvalue weighted by Gasteiger charge is 2.16. The van der Waals surface area contributed by atoms with Crippen molar-refractivity contribution in [2.75, 3.05) is 26.2 Å². The molecule has 6 nitrogen and oxygen atoms in total. The molecular formula is C13H20N4O2. The number of amides is 1. The van der Waals surface area contributed by atoms with E-state index in [1.165, 1.54) is 6.33 Å². The number of nitrogens with one attached hydrogen (secondary N) is 2. The number of rotatable bonds is 5. The standard InChI is InChI=1S/C13H20N4O2/c1-2-3-12-11(8-15-9-17-12)13(18)16-7-10-6-14-4-5-19-10/h8-10,14H,2-7H2,1H3,(H,16,18)/t10-/m0/s1. The maximum absolute atomic E-state index is 12.1. The molecule has 104 valence electrons. The Morgan fingerprint density at radius 2 is 2.53 bits per heavy atom. The minimum absolute atomic E-state index is 0.0388. The lowest BCUT2D eigenvalue weighted by Crippen LogP contribution is -2.45. The zero-order chi connectivity index (χ0) is 13.5. The maximum atomic E-state index is 12.1. The van der Waals surface area contributed by atoms with E-state index in [2.05, 4.69) is 27.5 Å². The van der Waals surface area contributed by atoms with Crippen molar-refractivity contribution in [2.24, 2.45) is 0 Å². The fourth-order valence-corrected chi connectivity index (χ4v) is 2.03. The summed E-state index contributed by atoms with van der Waals surface area (Å²) in [6.07, 6.45) is 4.83. The first-order chi connectivity index (χ1) is 9.31. The highest BCUT2D eigenvalue weighted by Crippen LogP contribution is 2.06. The van der Waals surface area contributed by atoms with Crippen LogP contribution in [0.2, 0.25) is 0 Å². The molecule has 2 heterocycles. The SMILES string of the molecule is CCCc1ncncc1C(=O)NC[C@@H]1CNCCO1. The summed E-state index contributed by atoms with van der Waals surface area (Å²) in [6.45, 7) is 4.90. The molecule has 1 aromatic rings. The molecule has 0 bridgehead atoms. The maximum Gasteiger partial charge on any atom is 0.254 e. The Labute approximate surface area is 113 Å². The van der Waals surface area contributed by atoms with Gasteiger partial charge < -0.3 is 15.4 Å². The largest absolute Gasteiger partial charge is 0.374 e. The third-order valence-corrected chi connectivity index (χ3v) is 3.02. The molecule has 0 spiro atoms. The average molecular weight is 264 g/mol. The van der Waals surface area contributed by atoms with Crippen LogP contribution in [0.25, 0.3) is 0 Å². The Bertz CT molecular complexity index is 419. The van der Waals surface area contributed by atoms with Gasteiger partial charge >= 0.3 is 0 Å². The minimum Gasteiger partial charge on any atom is -0.374 e. The van der Waals surface area contributed by atoms with Gasteiger partial charge in [-0.05, 0) is 6.42 Å². The van der Waals surface area contributed by atoms with Gasteiger partial charge in [0.2, 0.25) is 0 Å². The molecule has 0 saturated carbocycles. The summed E-state index contributed by atoms with van der Waals surface area (Å²) in [5.74, 6) is -0.127. The predicted octanol–water partition coefficient (Wildman–Crippen LogP) is 0.147. The van der Waals surface area contributed by atoms with Gasteiger partial charge in [0.15, 0.2) is 0 Å². The highest BCUT2D eigenvalue weighted by molar-refractivity contribution is 5.94. The second kappa shape index (κ2) is 7.16. The van der Waals surface area contributed by atoms with Crippen molar-refractivity contribution in [2.45, 2.75) is 25.9 Å². The molecule has 1 saturated heterocycles. The lowest BCUT2D eigenvalue weighted by molar-refractivity contribution is 0.0287. The van der Waals surface area contributed by atoms with Gasteiger partial charge in [-0.15, -0.1) is 0 Å². The zero-order valence-electron chi connectivity index (χ0n) is 11.2. The van der Waals surface area contributed by atoms with Gasteiger partial charge in [0.25, 0.3) is 5.91 Å². The molecule has 1 amide bonds. The molecule has 19 heavy (non-hydrogen) atoms. The molecule has 1 aromatic heterocycles. The molecule has 0 aliphatic carbocycles. The van der Waals surface area contributed by atoms with Crippen molar-refractivity contribution >= 4 is 5.91 Å². The lowest BCUT2D eigenvalue weighted by atomic mass is 10.1. The van der Waals surface area contributed by atoms with Crippen LogP contribution in [-0.4, -0.2) is 48.2 Å². The first kappa shape index (κ1) is 13.9. The van der Waals surface area contributed by atoms with E-state index in [9.17, 15) is 4.79 Å². The van der Waals surface area contributed by atoms with E-state index in [-0.39, 0.29) is 12.0 Å². The molecule has 1 atom stereocenters. The van der Waals surface area contributed by atoms with Gasteiger partial charge in [0, 0.05) is 25.8 Å². The van der Waals surface area contributed by atoms with Crippen LogP contribution in [0, 0.1) is 0 Å². The van der Waals surface area contributed by atoms with Crippen molar-refractivity contribution in [3.8, 4) is 0 Å². The molecule has 0 aromatic carbocycles. The molecule has 0 radical (unpaired) electrons. The van der Waals surface area contributed by atoms with E-state index < -0.39 is 0 Å². The number of aryl methyl sites for hydroxylation is 1. The number of nitrogens with zero attached hydrogens (tertiary/aromatic N) is 2. The number of carbonyl (C=O) groups is 1. The third-order valence-electron chi connectivity index (χ3n) is 3.02. The van der Waals surface area contributed by atoms with Crippen LogP contribution < -0.4 is 10.6 Å². The molecule has 0 unspecified atom stereocenters. The summed E-state index contributed by atoms with van der Waals surface area (Å²) in [5, 5.41) is 6.11. The Morgan fingerprint density at radius 3 is 3.26 bits per heavy atom. The van der Waals surface area contributed by atoms with Crippen molar-refractivity contribution in [1.82, 2.24) is 20.6 Å². The van der Waals surface area contributed by atoms with Crippen molar-refractivity contribution in [1.29, 1.82) is 0 Å². The normalized spacial score (nSPS) is 19.1. The number of hydrogen-bond donors (Lipinski definition) is 2. The fraction of sp³-hybridized carbons (Fsp3) is 0.615. The zero-order valence-corrected chi connectivity index (χ0v) is 11.2. The summed E-state index contributed by atoms with van der Waals surface area (Å²) >= 11 is 0. The van der Waals surface area contributed by atoms with E-state index >= 15 is 0 Å². The molecule has 1 aliphatic rings. The first-order valence-electron chi connectivity index (χ1n) is 6.70. The topological polar surface area (TPSA) is 76.1 Å². The van der Waals surface area contributed by atoms with Crippen molar-refractivity contribution < 1.29 is 9.53 Å². The van der Waals surface area contributed by atoms with Gasteiger partial charge in [-0.3, -0.25) is 4.79 Å². The van der Waals surface area contributed by atoms with Crippen molar-refractivity contribution in [3.05, 3.63) is 23.8 Å². The predicted molar refractivity (Wildman–Crippen MR) is 71.0 cm³/mol. The van der Waals surface area contributed by atoms with E-state index in [1.807, 2.05) is 0 Å². The molecular weight excluding hydrogens is 244 g/mol. The van der Waals surface area contributed by atoms with Crippen LogP contribution in [0.3, 0.4) is 0 Å². The van der Waals surface area contributed by atoms with Crippen LogP contribution in [0.15, 0.2) is 12.5 Å². The van der Waals surface area contributed by atoms with Crippen LogP contribution in [0.1, 0.15) is 29.4 Å². The summed E-state index contributed by atoms with van der Waals surface area (Å²) in [4.78, 5) is 20.2. The number of hydrogen-bond acceptors (Lipinski definition) is 5. The number of aromatic nitrogens is 2. The van der Waals surface area contributed by atoms with E-state index in [1.54, 1.807) is 6.20 Å². The molecule has 2 rings (SSSR count). The summed E-state index contributed by atoms with van der Waals surface area (Å²) in [7, 11) is 0. The number of morpholine rings is 1. The van der Waals surface area contributed by atoms with Crippen LogP contribution >= 0.6 is 0 Å². The summed E-state index contributed by atoms with van der Waals surface area (Å²) in [5.41, 5.74) is 1.37. The first-order valence-corrected chi connectivity index (χ1v) is 6.70. The third kappa shape index (κ3) is 3.97. The number of ether oxygens (including phenoxy) is 1. The minimum atomic E-state index is -0.127. The quantitative estimate of drug-likeness (QED) is 0.791. The Kier molecular flexibility index (Phi) is 5.23. The van der Waals surface area contributed by atoms with Crippen LogP contribution in [0.4, 0.5) is 0 Å². The Balaban J connectivity index is 1.91. The average Bonchev–Trinajstić information content (AvgIpc) is 2.47. The highest BCUT2D eigenvalue weighted by atomic mass is 16.5. The van der Waals surface area contributed by atoms with Gasteiger partial charge in [0.1, 0.15) is 6.33 Å². The molecule has 6 heteroatoms. The van der Waals surface area contributed by atoms with Crippen molar-refractivity contribution in [3.63, 3.8) is 0 Å². The molecule has 1 fully saturated rings. The van der Waals surface area contributed by atoms with E-state index in [4.69, 9.17) is 4.74 Å². The van der Waals surface area contributed by atoms with E-state index in [0.717, 1.165) is 31.6 Å². The van der Waals surface area contributed by atoms with Crippen LogP contribution in [0.5, 0.6) is 0 Å². The second-order valence-electron chi connectivity index (χ2n) is 4.54. The fourth-order valence-electron chi connectivity index (χ4n) is 2.03. The number of carbonyl (C=O) groups excluding carboxylic acids is 1. The monoisotopic (exact) mass is 264 g/mol.